The summed E-state index contributed by atoms with van der Waals surface area (Å²) in [5, 5.41) is 0.758. The molecule has 0 aliphatic heterocycles. The molecule has 0 unspecified atom stereocenters. The van der Waals surface area contributed by atoms with Gasteiger partial charge in [-0.15, -0.1) is 0 Å². The van der Waals surface area contributed by atoms with Crippen molar-refractivity contribution in [2.45, 2.75) is 10.7 Å². The van der Waals surface area contributed by atoms with Gasteiger partial charge in [-0.3, -0.25) is 0 Å². The van der Waals surface area contributed by atoms with Crippen LogP contribution < -0.4 is 0 Å². The summed E-state index contributed by atoms with van der Waals surface area (Å²) >= 11 is -2.29. The van der Waals surface area contributed by atoms with Gasteiger partial charge in [0.15, 0.2) is 0 Å². The van der Waals surface area contributed by atoms with Gasteiger partial charge >= 0.3 is 67.0 Å². The van der Waals surface area contributed by atoms with Gasteiger partial charge in [-0.25, -0.2) is 0 Å². The van der Waals surface area contributed by atoms with Crippen LogP contribution in [0.2, 0.25) is 10.7 Å². The maximum absolute atomic E-state index is 10.4. The molecule has 11 heavy (non-hydrogen) atoms. The molecule has 0 bridgehead atoms. The van der Waals surface area contributed by atoms with E-state index in [4.69, 9.17) is 0 Å². The van der Waals surface area contributed by atoms with E-state index in [2.05, 4.69) is 13.2 Å². The van der Waals surface area contributed by atoms with E-state index in [1.807, 2.05) is 0 Å². The van der Waals surface area contributed by atoms with Crippen molar-refractivity contribution >= 4 is 9.65 Å². The van der Waals surface area contributed by atoms with E-state index < -0.39 is 11.7 Å². The third-order valence-corrected chi connectivity index (χ3v) is 3.78. The van der Waals surface area contributed by atoms with Gasteiger partial charge in [0.2, 0.25) is 0 Å². The number of rotatable bonds is 4. The summed E-state index contributed by atoms with van der Waals surface area (Å²) in [4.78, 5) is 24.3. The summed E-state index contributed by atoms with van der Waals surface area (Å²) in [6, 6.07) is 0. The van der Waals surface area contributed by atoms with Crippen LogP contribution in [0.1, 0.15) is 0 Å². The minimum atomic E-state index is -2.29. The maximum atomic E-state index is 10.4. The van der Waals surface area contributed by atoms with Gasteiger partial charge in [0.25, 0.3) is 0 Å². The number of allylic oxidation sites excluding steroid dienone is 2. The first-order chi connectivity index (χ1) is 5.24. The first-order valence-corrected chi connectivity index (χ1v) is 5.36. The Balaban J connectivity index is 5.13. The van der Waals surface area contributed by atoms with Crippen LogP contribution in [0.5, 0.6) is 0 Å². The van der Waals surface area contributed by atoms with Gasteiger partial charge < -0.3 is 0 Å². The molecule has 0 aromatic heterocycles. The second-order valence-corrected chi connectivity index (χ2v) is 5.24. The van der Waals surface area contributed by atoms with Crippen molar-refractivity contribution in [3.63, 3.8) is 0 Å². The van der Waals surface area contributed by atoms with Crippen LogP contribution in [0.4, 0.5) is 0 Å². The Labute approximate surface area is 67.5 Å². The van der Waals surface area contributed by atoms with Crippen LogP contribution in [0.25, 0.3) is 0 Å². The Morgan fingerprint density at radius 2 is 1.45 bits per heavy atom. The zero-order chi connectivity index (χ0) is 8.74. The standard InChI is InChI=1S/2C3H5.2CO.Co/c2*1-3-2;2*1-2;/h2*3H,1-2H2;;;. The van der Waals surface area contributed by atoms with Crippen molar-refractivity contribution in [2.75, 3.05) is 0 Å². The Kier molecular flexibility index (Phi) is 4.51. The average molecular weight is 197 g/mol. The zero-order valence-corrected chi connectivity index (χ0v) is 7.17. The van der Waals surface area contributed by atoms with Crippen molar-refractivity contribution < 1.29 is 21.3 Å². The summed E-state index contributed by atoms with van der Waals surface area (Å²) in [7, 11) is 0. The molecule has 0 rings (SSSR count). The SMILES string of the molecule is C=C[CH2][Co](=[C]=O)(=[C]=O)[CH2]C=C. The van der Waals surface area contributed by atoms with Crippen molar-refractivity contribution in [1.82, 2.24) is 0 Å². The average Bonchev–Trinajstić information content (AvgIpc) is 2.04. The molecule has 2 nitrogen and oxygen atoms in total. The van der Waals surface area contributed by atoms with Gasteiger partial charge in [0.05, 0.1) is 0 Å². The molecule has 0 fully saturated rings. The van der Waals surface area contributed by atoms with E-state index >= 15 is 0 Å². The normalized spacial score (nSPS) is 10.9. The third kappa shape index (κ3) is 2.70. The second kappa shape index (κ2) is 4.89. The van der Waals surface area contributed by atoms with Crippen LogP contribution in [0.15, 0.2) is 25.3 Å². The molecular formula is C8H10CoO2. The van der Waals surface area contributed by atoms with E-state index in [0.717, 1.165) is 0 Å². The van der Waals surface area contributed by atoms with Gasteiger partial charge in [0, 0.05) is 0 Å². The zero-order valence-electron chi connectivity index (χ0n) is 6.13. The summed E-state index contributed by atoms with van der Waals surface area (Å²) in [5.74, 6) is 0. The molecule has 63 valence electrons. The molecule has 0 spiro atoms. The van der Waals surface area contributed by atoms with E-state index in [0.29, 0.717) is 10.7 Å². The molecule has 0 aliphatic rings. The molecule has 0 radical (unpaired) electrons. The van der Waals surface area contributed by atoms with Crippen LogP contribution in [0, 0.1) is 0 Å². The topological polar surface area (TPSA) is 34.1 Å². The molecule has 0 N–H and O–H groups in total. The van der Waals surface area contributed by atoms with Crippen LogP contribution in [-0.4, -0.2) is 9.65 Å². The predicted molar refractivity (Wildman–Crippen MR) is 41.4 cm³/mol. The third-order valence-electron chi connectivity index (χ3n) is 0.918. The van der Waals surface area contributed by atoms with Crippen molar-refractivity contribution in [1.29, 1.82) is 0 Å². The Bertz CT molecular complexity index is 273. The Morgan fingerprint density at radius 1 is 1.09 bits per heavy atom. The van der Waals surface area contributed by atoms with Crippen LogP contribution in [0.3, 0.4) is 0 Å². The van der Waals surface area contributed by atoms with Crippen LogP contribution >= 0.6 is 0 Å². The van der Waals surface area contributed by atoms with E-state index in [-0.39, 0.29) is 0 Å². The molecule has 0 saturated carbocycles. The van der Waals surface area contributed by atoms with Gasteiger partial charge in [-0.2, -0.15) is 0 Å². The second-order valence-electron chi connectivity index (χ2n) is 1.71. The van der Waals surface area contributed by atoms with E-state index in [9.17, 15) is 9.59 Å². The molecular weight excluding hydrogens is 187 g/mol. The Hall–Kier alpha value is -0.854. The molecule has 0 atom stereocenters. The van der Waals surface area contributed by atoms with E-state index in [1.54, 1.807) is 21.8 Å². The monoisotopic (exact) mass is 197 g/mol. The van der Waals surface area contributed by atoms with Crippen molar-refractivity contribution in [3.05, 3.63) is 25.3 Å². The first-order valence-electron chi connectivity index (χ1n) is 2.85. The minimum absolute atomic E-state index is 0.379. The fourth-order valence-corrected chi connectivity index (χ4v) is 2.10. The fourth-order valence-electron chi connectivity index (χ4n) is 0.509. The molecule has 0 amide bonds. The summed E-state index contributed by atoms with van der Waals surface area (Å²) in [6.45, 7) is 6.92. The molecule has 0 heterocycles. The number of hydrogen-bond donors (Lipinski definition) is 0. The van der Waals surface area contributed by atoms with Gasteiger partial charge in [0.1, 0.15) is 0 Å². The summed E-state index contributed by atoms with van der Waals surface area (Å²) in [6.07, 6.45) is 3.10. The quantitative estimate of drug-likeness (QED) is 0.639. The summed E-state index contributed by atoms with van der Waals surface area (Å²) < 4.78 is 0. The molecule has 0 aromatic carbocycles. The van der Waals surface area contributed by atoms with Gasteiger partial charge in [-0.1, -0.05) is 0 Å². The summed E-state index contributed by atoms with van der Waals surface area (Å²) in [5.41, 5.74) is 0. The van der Waals surface area contributed by atoms with E-state index in [1.165, 1.54) is 0 Å². The molecule has 0 aromatic rings. The number of hydrogen-bond acceptors (Lipinski definition) is 2. The molecule has 3 heteroatoms. The molecule has 0 saturated heterocycles. The van der Waals surface area contributed by atoms with Crippen molar-refractivity contribution in [2.24, 2.45) is 0 Å². The van der Waals surface area contributed by atoms with Crippen molar-refractivity contribution in [3.8, 4) is 0 Å². The fraction of sp³-hybridized carbons (Fsp3) is 0.250. The first kappa shape index (κ1) is 10.1. The van der Waals surface area contributed by atoms with Crippen LogP contribution in [-0.2, 0) is 21.3 Å². The molecule has 0 aliphatic carbocycles. The predicted octanol–water partition coefficient (Wildman–Crippen LogP) is 1.48. The van der Waals surface area contributed by atoms with Gasteiger partial charge in [-0.05, 0) is 0 Å². The number of carbonyl (C=O) groups excluding carboxylic acids is 2. The Morgan fingerprint density at radius 3 is 1.64 bits per heavy atom.